The van der Waals surface area contributed by atoms with Gasteiger partial charge < -0.3 is 15.2 Å². The molecule has 1 unspecified atom stereocenters. The second-order valence-electron chi connectivity index (χ2n) is 8.07. The maximum absolute atomic E-state index is 13.7. The molecule has 32 heavy (non-hydrogen) atoms. The topological polar surface area (TPSA) is 58.6 Å². The molecule has 0 aromatic heterocycles. The summed E-state index contributed by atoms with van der Waals surface area (Å²) in [5.74, 6) is -0.518. The van der Waals surface area contributed by atoms with Gasteiger partial charge in [-0.2, -0.15) is 0 Å². The molecule has 1 fully saturated rings. The summed E-state index contributed by atoms with van der Waals surface area (Å²) >= 11 is 0. The zero-order valence-electron chi connectivity index (χ0n) is 18.2. The number of alkyl halides is 2. The number of amides is 1. The van der Waals surface area contributed by atoms with E-state index in [1.165, 1.54) is 12.2 Å². The maximum Gasteiger partial charge on any atom is 0.257 e. The summed E-state index contributed by atoms with van der Waals surface area (Å²) in [6.07, 6.45) is 4.57. The highest BCUT2D eigenvalue weighted by atomic mass is 19.3. The Balaban J connectivity index is 1.92. The van der Waals surface area contributed by atoms with E-state index >= 15 is 0 Å². The van der Waals surface area contributed by atoms with E-state index in [1.807, 2.05) is 19.9 Å². The van der Waals surface area contributed by atoms with Gasteiger partial charge in [-0.15, -0.1) is 0 Å². The van der Waals surface area contributed by atoms with Crippen molar-refractivity contribution >= 4 is 11.6 Å². The fourth-order valence-electron chi connectivity index (χ4n) is 4.20. The van der Waals surface area contributed by atoms with Crippen molar-refractivity contribution in [3.05, 3.63) is 76.9 Å². The second kappa shape index (κ2) is 10.2. The minimum Gasteiger partial charge on any atom is -0.484 e. The van der Waals surface area contributed by atoms with Gasteiger partial charge in [-0.3, -0.25) is 4.79 Å². The van der Waals surface area contributed by atoms with Gasteiger partial charge >= 0.3 is 0 Å². The molecule has 172 valence electrons. The summed E-state index contributed by atoms with van der Waals surface area (Å²) in [5, 5.41) is 12.9. The number of allylic oxidation sites excluding steroid dienone is 4. The summed E-state index contributed by atoms with van der Waals surface area (Å²) in [5.41, 5.74) is 2.47. The van der Waals surface area contributed by atoms with Crippen molar-refractivity contribution in [2.45, 2.75) is 64.1 Å². The fourth-order valence-corrected chi connectivity index (χ4v) is 4.20. The van der Waals surface area contributed by atoms with Crippen molar-refractivity contribution in [3.63, 3.8) is 0 Å². The average Bonchev–Trinajstić information content (AvgIpc) is 3.14. The van der Waals surface area contributed by atoms with Crippen molar-refractivity contribution in [2.75, 3.05) is 5.32 Å². The molecule has 7 heteroatoms. The molecule has 1 aliphatic heterocycles. The van der Waals surface area contributed by atoms with E-state index in [2.05, 4.69) is 5.32 Å². The van der Waals surface area contributed by atoms with Gasteiger partial charge in [0.1, 0.15) is 11.9 Å². The predicted octanol–water partition coefficient (Wildman–Crippen LogP) is 6.07. The number of aliphatic hydroxyl groups is 1. The van der Waals surface area contributed by atoms with E-state index in [-0.39, 0.29) is 11.3 Å². The molecule has 1 saturated heterocycles. The van der Waals surface area contributed by atoms with Crippen LogP contribution in [0.3, 0.4) is 0 Å². The van der Waals surface area contributed by atoms with Gasteiger partial charge in [0.15, 0.2) is 5.76 Å². The van der Waals surface area contributed by atoms with Gasteiger partial charge in [-0.05, 0) is 60.6 Å². The molecule has 0 saturated carbocycles. The van der Waals surface area contributed by atoms with Crippen LogP contribution >= 0.6 is 0 Å². The molecule has 1 aromatic rings. The SMILES string of the molecule is CCC1(CC)CC(=C\C(=O)Nc2ccc3c(c2)C(O)CC3)/C(=C/C=C/C(F)F)C(=C\F)/O1. The van der Waals surface area contributed by atoms with Gasteiger partial charge in [0.25, 0.3) is 6.43 Å². The number of rotatable bonds is 6. The molecular weight excluding hydrogens is 419 g/mol. The number of nitrogens with one attached hydrogen (secondary N) is 1. The second-order valence-corrected chi connectivity index (χ2v) is 8.07. The van der Waals surface area contributed by atoms with E-state index < -0.39 is 24.0 Å². The first-order valence-corrected chi connectivity index (χ1v) is 10.8. The molecule has 1 heterocycles. The van der Waals surface area contributed by atoms with Crippen molar-refractivity contribution < 1.29 is 27.8 Å². The zero-order valence-corrected chi connectivity index (χ0v) is 18.2. The normalized spacial score (nSPS) is 23.8. The van der Waals surface area contributed by atoms with Crippen LogP contribution in [0.15, 0.2) is 65.7 Å². The molecule has 0 spiro atoms. The van der Waals surface area contributed by atoms with Crippen molar-refractivity contribution in [1.82, 2.24) is 0 Å². The quantitative estimate of drug-likeness (QED) is 0.521. The lowest BCUT2D eigenvalue weighted by Crippen LogP contribution is -2.36. The number of ether oxygens (including phenoxy) is 1. The van der Waals surface area contributed by atoms with Crippen LogP contribution in [0.4, 0.5) is 18.9 Å². The number of carbonyl (C=O) groups is 1. The van der Waals surface area contributed by atoms with E-state index in [9.17, 15) is 23.1 Å². The Morgan fingerprint density at radius 1 is 1.34 bits per heavy atom. The monoisotopic (exact) mass is 447 g/mol. The summed E-state index contributed by atoms with van der Waals surface area (Å²) in [6, 6.07) is 5.41. The molecular formula is C25H28F3NO3. The highest BCUT2D eigenvalue weighted by molar-refractivity contribution is 6.00. The van der Waals surface area contributed by atoms with Crippen molar-refractivity contribution in [3.8, 4) is 0 Å². The minimum absolute atomic E-state index is 0.0847. The van der Waals surface area contributed by atoms with Crippen LogP contribution in [0.25, 0.3) is 0 Å². The Morgan fingerprint density at radius 2 is 2.09 bits per heavy atom. The van der Waals surface area contributed by atoms with Crippen LogP contribution < -0.4 is 5.32 Å². The lowest BCUT2D eigenvalue weighted by Gasteiger charge is -2.40. The van der Waals surface area contributed by atoms with Crippen molar-refractivity contribution in [2.24, 2.45) is 0 Å². The lowest BCUT2D eigenvalue weighted by atomic mass is 9.82. The first-order chi connectivity index (χ1) is 15.3. The summed E-state index contributed by atoms with van der Waals surface area (Å²) in [7, 11) is 0. The van der Waals surface area contributed by atoms with Gasteiger partial charge in [0.2, 0.25) is 5.91 Å². The van der Waals surface area contributed by atoms with Gasteiger partial charge in [-0.25, -0.2) is 13.2 Å². The molecule has 2 aliphatic rings. The highest BCUT2D eigenvalue weighted by Crippen LogP contribution is 2.42. The predicted molar refractivity (Wildman–Crippen MR) is 118 cm³/mol. The van der Waals surface area contributed by atoms with Crippen molar-refractivity contribution in [1.29, 1.82) is 0 Å². The third-order valence-electron chi connectivity index (χ3n) is 6.12. The standard InChI is InChI=1S/C25H28F3NO3/c1-3-25(4-2)14-17(19(22(15-26)32-25)6-5-7-23(27)28)12-24(31)29-18-10-8-16-9-11-21(30)20(16)13-18/h5-8,10,12-13,15,21,23,30H,3-4,9,11,14H2,1-2H3,(H,29,31)/b7-5+,17-12+,19-6-,22-15+. The molecule has 1 aromatic carbocycles. The van der Waals surface area contributed by atoms with E-state index in [0.29, 0.717) is 49.3 Å². The lowest BCUT2D eigenvalue weighted by molar-refractivity contribution is -0.112. The van der Waals surface area contributed by atoms with Crippen LogP contribution in [-0.2, 0) is 16.0 Å². The summed E-state index contributed by atoms with van der Waals surface area (Å²) < 4.78 is 44.7. The average molecular weight is 447 g/mol. The number of aryl methyl sites for hydroxylation is 1. The number of fused-ring (bicyclic) bond motifs is 1. The largest absolute Gasteiger partial charge is 0.484 e. The number of hydrogen-bond donors (Lipinski definition) is 2. The van der Waals surface area contributed by atoms with Crippen LogP contribution in [-0.4, -0.2) is 23.0 Å². The number of anilines is 1. The molecule has 4 nitrogen and oxygen atoms in total. The summed E-state index contributed by atoms with van der Waals surface area (Å²) in [4.78, 5) is 12.8. The minimum atomic E-state index is -2.65. The molecule has 1 amide bonds. The maximum atomic E-state index is 13.7. The smallest absolute Gasteiger partial charge is 0.257 e. The summed E-state index contributed by atoms with van der Waals surface area (Å²) in [6.45, 7) is 3.83. The number of aliphatic hydroxyl groups excluding tert-OH is 1. The van der Waals surface area contributed by atoms with E-state index in [1.54, 1.807) is 12.1 Å². The third-order valence-corrected chi connectivity index (χ3v) is 6.12. The Bertz CT molecular complexity index is 975. The first-order valence-electron chi connectivity index (χ1n) is 10.8. The highest BCUT2D eigenvalue weighted by Gasteiger charge is 2.37. The molecule has 1 atom stereocenters. The Morgan fingerprint density at radius 3 is 2.75 bits per heavy atom. The van der Waals surface area contributed by atoms with Crippen LogP contribution in [0.5, 0.6) is 0 Å². The Hall–Kier alpha value is -2.80. The Labute approximate surface area is 186 Å². The number of hydrogen-bond acceptors (Lipinski definition) is 3. The van der Waals surface area contributed by atoms with E-state index in [0.717, 1.165) is 23.6 Å². The molecule has 3 rings (SSSR count). The van der Waals surface area contributed by atoms with Gasteiger partial charge in [-0.1, -0.05) is 32.1 Å². The molecule has 2 N–H and O–H groups in total. The Kier molecular flexibility index (Phi) is 7.61. The first kappa shape index (κ1) is 23.9. The molecule has 0 bridgehead atoms. The number of carbonyl (C=O) groups excluding carboxylic acids is 1. The van der Waals surface area contributed by atoms with Gasteiger partial charge in [0, 0.05) is 23.8 Å². The van der Waals surface area contributed by atoms with E-state index in [4.69, 9.17) is 4.74 Å². The zero-order chi connectivity index (χ0) is 23.3. The van der Waals surface area contributed by atoms with Crippen LogP contribution in [0, 0.1) is 0 Å². The van der Waals surface area contributed by atoms with Crippen LogP contribution in [0.1, 0.15) is 56.8 Å². The molecule has 0 radical (unpaired) electrons. The number of halogens is 3. The third kappa shape index (κ3) is 5.33. The molecule has 1 aliphatic carbocycles. The fraction of sp³-hybridized carbons (Fsp3) is 0.400. The number of benzene rings is 1. The van der Waals surface area contributed by atoms with Crippen LogP contribution in [0.2, 0.25) is 0 Å². The van der Waals surface area contributed by atoms with Gasteiger partial charge in [0.05, 0.1) is 6.10 Å².